The van der Waals surface area contributed by atoms with Crippen molar-refractivity contribution in [2.45, 2.75) is 20.8 Å². The first-order chi connectivity index (χ1) is 4.72. The van der Waals surface area contributed by atoms with Crippen LogP contribution in [0.3, 0.4) is 0 Å². The Morgan fingerprint density at radius 3 is 2.50 bits per heavy atom. The van der Waals surface area contributed by atoms with Crippen LogP contribution in [0.25, 0.3) is 0 Å². The predicted molar refractivity (Wildman–Crippen MR) is 45.3 cm³/mol. The molecule has 0 aliphatic carbocycles. The topological polar surface area (TPSA) is 24.7 Å². The molecule has 0 bridgehead atoms. The third-order valence-electron chi connectivity index (χ3n) is 0.957. The molecule has 2 heteroatoms. The summed E-state index contributed by atoms with van der Waals surface area (Å²) >= 11 is 0. The van der Waals surface area contributed by atoms with E-state index < -0.39 is 0 Å². The third kappa shape index (κ3) is 3.03. The van der Waals surface area contributed by atoms with Crippen molar-refractivity contribution in [1.29, 1.82) is 0 Å². The number of nitrogens with zero attached hydrogens (tertiary/aromatic N) is 2. The summed E-state index contributed by atoms with van der Waals surface area (Å²) in [6.45, 7) is 5.85. The molecule has 0 unspecified atom stereocenters. The lowest BCUT2D eigenvalue weighted by Crippen LogP contribution is -2.03. The minimum atomic E-state index is 0.298. The fourth-order valence-corrected chi connectivity index (χ4v) is 0.505. The SMILES string of the molecule is C#C/N=C(\N=C/C)C(C)C. The van der Waals surface area contributed by atoms with Gasteiger partial charge in [0, 0.05) is 18.2 Å². The second-order valence-corrected chi connectivity index (χ2v) is 2.14. The Bertz CT molecular complexity index is 182. The molecule has 0 saturated carbocycles. The molecule has 0 atom stereocenters. The molecule has 2 nitrogen and oxygen atoms in total. The molecule has 0 aromatic heterocycles. The summed E-state index contributed by atoms with van der Waals surface area (Å²) in [6, 6.07) is 2.21. The Hall–Kier alpha value is -1.10. The second-order valence-electron chi connectivity index (χ2n) is 2.14. The van der Waals surface area contributed by atoms with Crippen molar-refractivity contribution < 1.29 is 0 Å². The van der Waals surface area contributed by atoms with Crippen LogP contribution in [0.5, 0.6) is 0 Å². The normalized spacial score (nSPS) is 12.5. The molecule has 0 aliphatic heterocycles. The fourth-order valence-electron chi connectivity index (χ4n) is 0.505. The molecule has 0 N–H and O–H groups in total. The van der Waals surface area contributed by atoms with E-state index >= 15 is 0 Å². The van der Waals surface area contributed by atoms with Crippen LogP contribution >= 0.6 is 0 Å². The van der Waals surface area contributed by atoms with Gasteiger partial charge in [0.25, 0.3) is 0 Å². The molecule has 0 amide bonds. The van der Waals surface area contributed by atoms with Crippen LogP contribution in [0.1, 0.15) is 20.8 Å². The summed E-state index contributed by atoms with van der Waals surface area (Å²) in [5, 5.41) is 0. The molecular formula is C8H12N2. The maximum absolute atomic E-state index is 4.99. The van der Waals surface area contributed by atoms with Crippen molar-refractivity contribution in [2.24, 2.45) is 15.9 Å². The van der Waals surface area contributed by atoms with Gasteiger partial charge in [-0.3, -0.25) is 0 Å². The lowest BCUT2D eigenvalue weighted by Gasteiger charge is -1.99. The Balaban J connectivity index is 4.30. The zero-order valence-electron chi connectivity index (χ0n) is 6.63. The molecule has 0 rings (SSSR count). The van der Waals surface area contributed by atoms with Crippen LogP contribution in [0.2, 0.25) is 0 Å². The van der Waals surface area contributed by atoms with E-state index in [4.69, 9.17) is 6.42 Å². The highest BCUT2D eigenvalue weighted by Gasteiger charge is 1.99. The monoisotopic (exact) mass is 136 g/mol. The first kappa shape index (κ1) is 8.90. The minimum Gasteiger partial charge on any atom is -0.245 e. The fraction of sp³-hybridized carbons (Fsp3) is 0.500. The smallest absolute Gasteiger partial charge is 0.140 e. The number of hydrogen-bond donors (Lipinski definition) is 0. The third-order valence-corrected chi connectivity index (χ3v) is 0.957. The van der Waals surface area contributed by atoms with Crippen LogP contribution < -0.4 is 0 Å². The molecule has 0 aromatic carbocycles. The molecule has 0 aliphatic rings. The van der Waals surface area contributed by atoms with Gasteiger partial charge < -0.3 is 0 Å². The summed E-state index contributed by atoms with van der Waals surface area (Å²) in [6.07, 6.45) is 6.68. The quantitative estimate of drug-likeness (QED) is 0.298. The Morgan fingerprint density at radius 2 is 2.20 bits per heavy atom. The maximum Gasteiger partial charge on any atom is 0.140 e. The second kappa shape index (κ2) is 4.75. The Morgan fingerprint density at radius 1 is 1.60 bits per heavy atom. The lowest BCUT2D eigenvalue weighted by atomic mass is 10.2. The number of amidine groups is 1. The zero-order valence-corrected chi connectivity index (χ0v) is 6.63. The van der Waals surface area contributed by atoms with E-state index in [0.29, 0.717) is 11.8 Å². The van der Waals surface area contributed by atoms with E-state index in [1.54, 1.807) is 6.21 Å². The molecule has 0 fully saturated rings. The largest absolute Gasteiger partial charge is 0.245 e. The van der Waals surface area contributed by atoms with E-state index in [2.05, 4.69) is 16.0 Å². The van der Waals surface area contributed by atoms with Gasteiger partial charge in [-0.25, -0.2) is 4.99 Å². The highest BCUT2D eigenvalue weighted by molar-refractivity contribution is 5.91. The van der Waals surface area contributed by atoms with Crippen LogP contribution in [0.15, 0.2) is 9.98 Å². The van der Waals surface area contributed by atoms with Crippen molar-refractivity contribution in [3.63, 3.8) is 0 Å². The molecule has 54 valence electrons. The molecular weight excluding hydrogens is 124 g/mol. The van der Waals surface area contributed by atoms with Crippen molar-refractivity contribution in [3.8, 4) is 12.5 Å². The zero-order chi connectivity index (χ0) is 7.98. The van der Waals surface area contributed by atoms with E-state index in [9.17, 15) is 0 Å². The standard InChI is InChI=1S/C8H12N2/c1-5-9-8(7(3)4)10-6-2/h1,6-7H,2-4H3/b9-8-,10-6-. The molecule has 0 radical (unpaired) electrons. The van der Waals surface area contributed by atoms with E-state index in [1.807, 2.05) is 20.8 Å². The molecule has 0 spiro atoms. The van der Waals surface area contributed by atoms with Gasteiger partial charge in [0.05, 0.1) is 0 Å². The Kier molecular flexibility index (Phi) is 4.23. The minimum absolute atomic E-state index is 0.298. The molecule has 10 heavy (non-hydrogen) atoms. The predicted octanol–water partition coefficient (Wildman–Crippen LogP) is 1.72. The number of rotatable bonds is 1. The van der Waals surface area contributed by atoms with Gasteiger partial charge in [-0.15, -0.1) is 0 Å². The Labute approximate surface area is 62.1 Å². The first-order valence-electron chi connectivity index (χ1n) is 3.24. The van der Waals surface area contributed by atoms with Crippen LogP contribution in [0.4, 0.5) is 0 Å². The van der Waals surface area contributed by atoms with E-state index in [-0.39, 0.29) is 0 Å². The number of terminal acetylenes is 1. The van der Waals surface area contributed by atoms with Crippen LogP contribution in [0, 0.1) is 18.4 Å². The van der Waals surface area contributed by atoms with Gasteiger partial charge in [-0.2, -0.15) is 4.99 Å². The summed E-state index contributed by atoms with van der Waals surface area (Å²) in [5.41, 5.74) is 0. The summed E-state index contributed by atoms with van der Waals surface area (Å²) in [4.78, 5) is 7.76. The number of aliphatic imine (C=N–C) groups is 2. The van der Waals surface area contributed by atoms with Gasteiger partial charge in [0.2, 0.25) is 0 Å². The van der Waals surface area contributed by atoms with Crippen molar-refractivity contribution >= 4 is 12.1 Å². The van der Waals surface area contributed by atoms with Crippen LogP contribution in [-0.2, 0) is 0 Å². The van der Waals surface area contributed by atoms with Gasteiger partial charge in [-0.05, 0) is 6.92 Å². The van der Waals surface area contributed by atoms with Gasteiger partial charge in [-0.1, -0.05) is 20.3 Å². The molecule has 0 aromatic rings. The molecule has 0 saturated heterocycles. The first-order valence-corrected chi connectivity index (χ1v) is 3.24. The molecule has 0 heterocycles. The van der Waals surface area contributed by atoms with Crippen molar-refractivity contribution in [1.82, 2.24) is 0 Å². The van der Waals surface area contributed by atoms with Gasteiger partial charge >= 0.3 is 0 Å². The van der Waals surface area contributed by atoms with Crippen molar-refractivity contribution in [3.05, 3.63) is 0 Å². The average molecular weight is 136 g/mol. The summed E-state index contributed by atoms with van der Waals surface area (Å²) in [7, 11) is 0. The number of hydrogen-bond acceptors (Lipinski definition) is 1. The summed E-state index contributed by atoms with van der Waals surface area (Å²) < 4.78 is 0. The summed E-state index contributed by atoms with van der Waals surface area (Å²) in [5.74, 6) is 1.01. The highest BCUT2D eigenvalue weighted by atomic mass is 14.9. The van der Waals surface area contributed by atoms with Crippen LogP contribution in [-0.4, -0.2) is 12.1 Å². The van der Waals surface area contributed by atoms with Gasteiger partial charge in [0.15, 0.2) is 0 Å². The van der Waals surface area contributed by atoms with Gasteiger partial charge in [0.1, 0.15) is 5.84 Å². The van der Waals surface area contributed by atoms with E-state index in [0.717, 1.165) is 0 Å². The highest BCUT2D eigenvalue weighted by Crippen LogP contribution is 1.97. The lowest BCUT2D eigenvalue weighted by molar-refractivity contribution is 0.874. The van der Waals surface area contributed by atoms with E-state index in [1.165, 1.54) is 0 Å². The average Bonchev–Trinajstić information content (AvgIpc) is 1.87. The van der Waals surface area contributed by atoms with Crippen molar-refractivity contribution in [2.75, 3.05) is 0 Å². The maximum atomic E-state index is 4.99.